The van der Waals surface area contributed by atoms with Gasteiger partial charge in [0.05, 0.1) is 11.4 Å². The molecule has 1 fully saturated rings. The Kier molecular flexibility index (Phi) is 8.70. The summed E-state index contributed by atoms with van der Waals surface area (Å²) in [5.41, 5.74) is 13.8. The maximum atomic E-state index is 13.1. The number of benzene rings is 1. The number of hydrogen-bond donors (Lipinski definition) is 2. The van der Waals surface area contributed by atoms with Crippen molar-refractivity contribution in [3.63, 3.8) is 0 Å². The Labute approximate surface area is 187 Å². The van der Waals surface area contributed by atoms with Crippen LogP contribution in [0.3, 0.4) is 0 Å². The topological polar surface area (TPSA) is 109 Å². The van der Waals surface area contributed by atoms with Gasteiger partial charge in [0, 0.05) is 19.6 Å². The molecule has 156 valence electrons. The average Bonchev–Trinajstić information content (AvgIpc) is 2.87. The van der Waals surface area contributed by atoms with Gasteiger partial charge in [-0.05, 0) is 49.9 Å². The molecule has 0 unspecified atom stereocenters. The molecule has 0 spiro atoms. The number of aliphatic imine (C=N–C) groups is 1. The number of hydrogen-bond acceptors (Lipinski definition) is 4. The molecular formula is C20H27FIN7. The summed E-state index contributed by atoms with van der Waals surface area (Å²) in [5.74, 6) is 0.519. The summed E-state index contributed by atoms with van der Waals surface area (Å²) in [6.07, 6.45) is 6.09. The predicted octanol–water partition coefficient (Wildman–Crippen LogP) is 3.21. The number of likely N-dealkylation sites (tertiary alicyclic amines) is 1. The van der Waals surface area contributed by atoms with Crippen LogP contribution in [0.4, 0.5) is 10.2 Å². The van der Waals surface area contributed by atoms with E-state index < -0.39 is 0 Å². The highest BCUT2D eigenvalue weighted by molar-refractivity contribution is 14.0. The van der Waals surface area contributed by atoms with Crippen molar-refractivity contribution in [1.29, 1.82) is 5.26 Å². The van der Waals surface area contributed by atoms with E-state index in [2.05, 4.69) is 21.1 Å². The van der Waals surface area contributed by atoms with Crippen molar-refractivity contribution >= 4 is 35.8 Å². The van der Waals surface area contributed by atoms with Crippen LogP contribution < -0.4 is 11.5 Å². The number of aromatic nitrogens is 2. The fourth-order valence-corrected chi connectivity index (χ4v) is 3.39. The normalized spacial score (nSPS) is 14.8. The summed E-state index contributed by atoms with van der Waals surface area (Å²) >= 11 is 0. The Bertz CT molecular complexity index is 862. The van der Waals surface area contributed by atoms with E-state index in [1.54, 1.807) is 12.1 Å². The Morgan fingerprint density at radius 2 is 1.83 bits per heavy atom. The van der Waals surface area contributed by atoms with Crippen LogP contribution in [0.25, 0.3) is 5.69 Å². The highest BCUT2D eigenvalue weighted by atomic mass is 127. The van der Waals surface area contributed by atoms with Crippen LogP contribution in [0.1, 0.15) is 43.4 Å². The highest BCUT2D eigenvalue weighted by Gasteiger charge is 2.16. The second-order valence-corrected chi connectivity index (χ2v) is 6.95. The van der Waals surface area contributed by atoms with E-state index in [0.717, 1.165) is 25.9 Å². The number of nitrogens with zero attached hydrogens (tertiary/aromatic N) is 5. The van der Waals surface area contributed by atoms with Crippen molar-refractivity contribution in [2.75, 3.05) is 25.4 Å². The lowest BCUT2D eigenvalue weighted by atomic mass is 10.1. The van der Waals surface area contributed by atoms with Crippen LogP contribution in [0.15, 0.2) is 29.3 Å². The molecule has 1 aliphatic heterocycles. The third kappa shape index (κ3) is 5.82. The Morgan fingerprint density at radius 3 is 2.45 bits per heavy atom. The first kappa shape index (κ1) is 22.9. The van der Waals surface area contributed by atoms with Gasteiger partial charge in [-0.2, -0.15) is 10.4 Å². The lowest BCUT2D eigenvalue weighted by molar-refractivity contribution is 0.428. The molecule has 0 atom stereocenters. The second-order valence-electron chi connectivity index (χ2n) is 6.95. The minimum absolute atomic E-state index is 0. The van der Waals surface area contributed by atoms with Crippen molar-refractivity contribution in [2.24, 2.45) is 10.7 Å². The molecule has 3 rings (SSSR count). The molecule has 9 heteroatoms. The van der Waals surface area contributed by atoms with Gasteiger partial charge >= 0.3 is 0 Å². The van der Waals surface area contributed by atoms with Crippen molar-refractivity contribution in [3.8, 4) is 11.8 Å². The van der Waals surface area contributed by atoms with Gasteiger partial charge in [-0.1, -0.05) is 12.8 Å². The molecule has 0 amide bonds. The molecular weight excluding hydrogens is 484 g/mol. The fourth-order valence-electron chi connectivity index (χ4n) is 3.39. The lowest BCUT2D eigenvalue weighted by Gasteiger charge is -2.21. The maximum Gasteiger partial charge on any atom is 0.191 e. The predicted molar refractivity (Wildman–Crippen MR) is 123 cm³/mol. The van der Waals surface area contributed by atoms with Crippen LogP contribution in [0.5, 0.6) is 0 Å². The molecule has 29 heavy (non-hydrogen) atoms. The molecule has 2 heterocycles. The first-order valence-corrected chi connectivity index (χ1v) is 9.68. The van der Waals surface area contributed by atoms with Gasteiger partial charge in [0.25, 0.3) is 0 Å². The number of halogens is 2. The molecule has 1 aromatic heterocycles. The summed E-state index contributed by atoms with van der Waals surface area (Å²) < 4.78 is 14.6. The van der Waals surface area contributed by atoms with Crippen LogP contribution in [0, 0.1) is 17.1 Å². The van der Waals surface area contributed by atoms with Gasteiger partial charge in [-0.25, -0.2) is 9.07 Å². The monoisotopic (exact) mass is 511 g/mol. The molecule has 4 N–H and O–H groups in total. The highest BCUT2D eigenvalue weighted by Crippen LogP contribution is 2.21. The summed E-state index contributed by atoms with van der Waals surface area (Å²) in [7, 11) is 0. The van der Waals surface area contributed by atoms with Crippen LogP contribution in [-0.4, -0.2) is 40.3 Å². The molecule has 0 saturated carbocycles. The molecule has 7 nitrogen and oxygen atoms in total. The first-order chi connectivity index (χ1) is 13.6. The minimum atomic E-state index is -0.338. The zero-order valence-corrected chi connectivity index (χ0v) is 18.7. The van der Waals surface area contributed by atoms with Gasteiger partial charge in [0.2, 0.25) is 0 Å². The van der Waals surface area contributed by atoms with Crippen molar-refractivity contribution in [3.05, 3.63) is 41.3 Å². The Balaban J connectivity index is 0.00000300. The number of anilines is 1. The quantitative estimate of drug-likeness (QED) is 0.277. The molecule has 0 radical (unpaired) electrons. The van der Waals surface area contributed by atoms with Crippen LogP contribution >= 0.6 is 24.0 Å². The molecule has 1 aliphatic rings. The number of nitriles is 1. The van der Waals surface area contributed by atoms with Crippen molar-refractivity contribution in [1.82, 2.24) is 14.7 Å². The number of rotatable bonds is 5. The largest absolute Gasteiger partial charge is 0.382 e. The number of guanidine groups is 1. The molecule has 0 bridgehead atoms. The van der Waals surface area contributed by atoms with E-state index >= 15 is 0 Å². The van der Waals surface area contributed by atoms with E-state index in [1.165, 1.54) is 29.7 Å². The van der Waals surface area contributed by atoms with Gasteiger partial charge in [-0.3, -0.25) is 4.99 Å². The smallest absolute Gasteiger partial charge is 0.191 e. The third-order valence-electron chi connectivity index (χ3n) is 4.95. The summed E-state index contributed by atoms with van der Waals surface area (Å²) in [5, 5.41) is 13.9. The molecule has 1 saturated heterocycles. The standard InChI is InChI=1S/C20H26FN7.HI/c21-15-7-9-16(10-8-15)28-19(23)17(14-22)18(26-28)6-5-11-25-20(24)27-12-3-1-2-4-13-27;/h7-10H,1-6,11-13,23H2,(H2,24,25);1H. The van der Waals surface area contributed by atoms with Gasteiger partial charge in [0.15, 0.2) is 5.96 Å². The van der Waals surface area contributed by atoms with Gasteiger partial charge < -0.3 is 16.4 Å². The Morgan fingerprint density at radius 1 is 1.17 bits per heavy atom. The Hall–Kier alpha value is -2.35. The zero-order valence-electron chi connectivity index (χ0n) is 16.4. The van der Waals surface area contributed by atoms with Gasteiger partial charge in [0.1, 0.15) is 23.3 Å². The number of nitrogens with two attached hydrogens (primary N) is 2. The second kappa shape index (κ2) is 11.0. The molecule has 2 aromatic rings. The maximum absolute atomic E-state index is 13.1. The van der Waals surface area contributed by atoms with E-state index in [9.17, 15) is 9.65 Å². The van der Waals surface area contributed by atoms with E-state index in [-0.39, 0.29) is 35.6 Å². The first-order valence-electron chi connectivity index (χ1n) is 9.68. The fraction of sp³-hybridized carbons (Fsp3) is 0.450. The summed E-state index contributed by atoms with van der Waals surface area (Å²) in [6.45, 7) is 2.50. The summed E-state index contributed by atoms with van der Waals surface area (Å²) in [4.78, 5) is 6.63. The van der Waals surface area contributed by atoms with Crippen LogP contribution in [0.2, 0.25) is 0 Å². The van der Waals surface area contributed by atoms with E-state index in [4.69, 9.17) is 11.5 Å². The van der Waals surface area contributed by atoms with E-state index in [1.807, 2.05) is 0 Å². The van der Waals surface area contributed by atoms with E-state index in [0.29, 0.717) is 42.3 Å². The third-order valence-corrected chi connectivity index (χ3v) is 4.95. The van der Waals surface area contributed by atoms with Crippen molar-refractivity contribution in [2.45, 2.75) is 38.5 Å². The van der Waals surface area contributed by atoms with Crippen molar-refractivity contribution < 1.29 is 4.39 Å². The SMILES string of the molecule is I.N#Cc1c(CCCN=C(N)N2CCCCCC2)nn(-c2ccc(F)cc2)c1N. The van der Waals surface area contributed by atoms with Gasteiger partial charge in [-0.15, -0.1) is 24.0 Å². The number of aryl methyl sites for hydroxylation is 1. The zero-order chi connectivity index (χ0) is 19.9. The molecule has 1 aromatic carbocycles. The van der Waals surface area contributed by atoms with Crippen LogP contribution in [-0.2, 0) is 6.42 Å². The number of nitrogen functional groups attached to an aromatic ring is 1. The minimum Gasteiger partial charge on any atom is -0.382 e. The average molecular weight is 511 g/mol. The lowest BCUT2D eigenvalue weighted by Crippen LogP contribution is -2.38. The molecule has 0 aliphatic carbocycles. The summed E-state index contributed by atoms with van der Waals surface area (Å²) in [6, 6.07) is 7.95.